The van der Waals surface area contributed by atoms with Gasteiger partial charge < -0.3 is 0 Å². The molecule has 0 aliphatic carbocycles. The van der Waals surface area contributed by atoms with E-state index in [0.29, 0.717) is 0 Å². The van der Waals surface area contributed by atoms with Crippen LogP contribution in [0, 0.1) is 0 Å². The van der Waals surface area contributed by atoms with Crippen LogP contribution in [-0.4, -0.2) is 5.75 Å². The van der Waals surface area contributed by atoms with Crippen LogP contribution in [0.2, 0.25) is 0 Å². The van der Waals surface area contributed by atoms with Crippen LogP contribution in [0.15, 0.2) is 22.9 Å². The second-order valence-corrected chi connectivity index (χ2v) is 8.33. The molecule has 3 heteroatoms. The molecule has 0 amide bonds. The first-order chi connectivity index (χ1) is 11.3. The summed E-state index contributed by atoms with van der Waals surface area (Å²) < 4.78 is 3.52. The van der Waals surface area contributed by atoms with Gasteiger partial charge in [-0.05, 0) is 40.1 Å². The lowest BCUT2D eigenvalue weighted by Gasteiger charge is -2.03. The van der Waals surface area contributed by atoms with E-state index in [1.807, 2.05) is 11.8 Å². The van der Waals surface area contributed by atoms with Gasteiger partial charge in [-0.1, -0.05) is 83.4 Å². The van der Waals surface area contributed by atoms with E-state index in [0.717, 1.165) is 12.3 Å². The van der Waals surface area contributed by atoms with Gasteiger partial charge in [-0.25, -0.2) is 0 Å². The van der Waals surface area contributed by atoms with Gasteiger partial charge in [0.05, 0.1) is 4.47 Å². The summed E-state index contributed by atoms with van der Waals surface area (Å²) in [5, 5.41) is 0. The lowest BCUT2D eigenvalue weighted by molar-refractivity contribution is -0.676. The Morgan fingerprint density at radius 2 is 1.52 bits per heavy atom. The second kappa shape index (κ2) is 14.3. The Bertz CT molecular complexity index is 409. The first-order valence-electron chi connectivity index (χ1n) is 9.53. The highest BCUT2D eigenvalue weighted by atomic mass is 79.9. The first-order valence-corrected chi connectivity index (χ1v) is 11.5. The molecular formula is C20H35BrNS+. The van der Waals surface area contributed by atoms with Crippen LogP contribution in [0.25, 0.3) is 0 Å². The zero-order valence-electron chi connectivity index (χ0n) is 15.2. The van der Waals surface area contributed by atoms with Crippen LogP contribution in [0.3, 0.4) is 0 Å². The lowest BCUT2D eigenvalue weighted by Crippen LogP contribution is -2.31. The summed E-state index contributed by atoms with van der Waals surface area (Å²) in [7, 11) is 0. The Morgan fingerprint density at radius 1 is 0.913 bits per heavy atom. The van der Waals surface area contributed by atoms with Crippen LogP contribution in [0.5, 0.6) is 0 Å². The zero-order valence-corrected chi connectivity index (χ0v) is 17.6. The number of unbranched alkanes of at least 4 members (excludes halogenated alkanes) is 9. The summed E-state index contributed by atoms with van der Waals surface area (Å²) in [6, 6.07) is 2.23. The van der Waals surface area contributed by atoms with Crippen molar-refractivity contribution in [3.05, 3.63) is 28.5 Å². The van der Waals surface area contributed by atoms with Crippen molar-refractivity contribution in [1.82, 2.24) is 0 Å². The maximum atomic E-state index is 3.65. The summed E-state index contributed by atoms with van der Waals surface area (Å²) >= 11 is 5.70. The number of halogens is 1. The predicted octanol–water partition coefficient (Wildman–Crippen LogP) is 6.91. The highest BCUT2D eigenvalue weighted by Gasteiger charge is 2.05. The first kappa shape index (κ1) is 21.0. The van der Waals surface area contributed by atoms with E-state index in [2.05, 4.69) is 52.8 Å². The van der Waals surface area contributed by atoms with E-state index in [-0.39, 0.29) is 0 Å². The van der Waals surface area contributed by atoms with Crippen molar-refractivity contribution in [2.24, 2.45) is 0 Å². The van der Waals surface area contributed by atoms with Crippen LogP contribution in [0.4, 0.5) is 0 Å². The minimum Gasteiger partial charge on any atom is -0.194 e. The van der Waals surface area contributed by atoms with Gasteiger partial charge in [0.1, 0.15) is 0 Å². The molecule has 0 atom stereocenters. The van der Waals surface area contributed by atoms with E-state index < -0.39 is 0 Å². The average molecular weight is 401 g/mol. The van der Waals surface area contributed by atoms with Gasteiger partial charge in [0.25, 0.3) is 0 Å². The molecule has 23 heavy (non-hydrogen) atoms. The fourth-order valence-electron chi connectivity index (χ4n) is 2.77. The Balaban J connectivity index is 1.92. The molecule has 1 aromatic heterocycles. The zero-order chi connectivity index (χ0) is 16.8. The Kier molecular flexibility index (Phi) is 13.1. The molecule has 0 aliphatic heterocycles. The minimum atomic E-state index is 1.07. The van der Waals surface area contributed by atoms with E-state index in [1.165, 1.54) is 80.0 Å². The molecule has 132 valence electrons. The van der Waals surface area contributed by atoms with Crippen LogP contribution < -0.4 is 4.57 Å². The number of aromatic nitrogens is 1. The molecule has 0 saturated heterocycles. The van der Waals surface area contributed by atoms with E-state index in [1.54, 1.807) is 0 Å². The fraction of sp³-hybridized carbons (Fsp3) is 0.750. The number of rotatable bonds is 14. The van der Waals surface area contributed by atoms with Crippen molar-refractivity contribution in [2.75, 3.05) is 5.75 Å². The molecule has 0 fully saturated rings. The Hall–Kier alpha value is -0.0200. The van der Waals surface area contributed by atoms with Crippen molar-refractivity contribution >= 4 is 27.7 Å². The molecule has 0 saturated carbocycles. The highest BCUT2D eigenvalue weighted by molar-refractivity contribution is 9.10. The number of nitrogens with zero attached hydrogens (tertiary/aromatic N) is 1. The number of thioether (sulfide) groups is 1. The minimum absolute atomic E-state index is 1.07. The molecule has 0 unspecified atom stereocenters. The summed E-state index contributed by atoms with van der Waals surface area (Å²) in [5.74, 6) is 2.36. The van der Waals surface area contributed by atoms with Gasteiger partial charge in [-0.3, -0.25) is 0 Å². The van der Waals surface area contributed by atoms with Gasteiger partial charge in [0.15, 0.2) is 18.3 Å². The molecule has 0 aromatic carbocycles. The van der Waals surface area contributed by atoms with Crippen LogP contribution in [0.1, 0.15) is 83.6 Å². The smallest absolute Gasteiger partial charge is 0.194 e. The molecule has 0 spiro atoms. The third-order valence-corrected chi connectivity index (χ3v) is 6.09. The number of hydrogen-bond acceptors (Lipinski definition) is 1. The van der Waals surface area contributed by atoms with E-state index in [9.17, 15) is 0 Å². The number of hydrogen-bond donors (Lipinski definition) is 0. The lowest BCUT2D eigenvalue weighted by atomic mass is 10.1. The highest BCUT2D eigenvalue weighted by Crippen LogP contribution is 2.15. The SMILES string of the molecule is CCCCCCCCCCCCSC[n+]1ccc(CC)c(Br)c1. The van der Waals surface area contributed by atoms with Crippen LogP contribution >= 0.6 is 27.7 Å². The maximum Gasteiger partial charge on any atom is 0.194 e. The van der Waals surface area contributed by atoms with Gasteiger partial charge in [-0.15, -0.1) is 0 Å². The van der Waals surface area contributed by atoms with Crippen molar-refractivity contribution in [2.45, 2.75) is 90.4 Å². The molecule has 0 bridgehead atoms. The Labute approximate surface area is 156 Å². The molecule has 1 heterocycles. The summed E-state index contributed by atoms with van der Waals surface area (Å²) in [5.41, 5.74) is 1.39. The van der Waals surface area contributed by atoms with E-state index in [4.69, 9.17) is 0 Å². The van der Waals surface area contributed by atoms with Gasteiger partial charge in [0, 0.05) is 6.07 Å². The molecule has 0 aliphatic rings. The molecule has 0 radical (unpaired) electrons. The summed E-state index contributed by atoms with van der Waals surface area (Å²) in [4.78, 5) is 0. The predicted molar refractivity (Wildman–Crippen MR) is 108 cm³/mol. The molecule has 1 rings (SSSR count). The van der Waals surface area contributed by atoms with Crippen LogP contribution in [-0.2, 0) is 12.3 Å². The average Bonchev–Trinajstić information content (AvgIpc) is 2.56. The quantitative estimate of drug-likeness (QED) is 0.242. The second-order valence-electron chi connectivity index (χ2n) is 6.41. The third kappa shape index (κ3) is 10.4. The topological polar surface area (TPSA) is 3.88 Å². The normalized spacial score (nSPS) is 11.1. The summed E-state index contributed by atoms with van der Waals surface area (Å²) in [6.07, 6.45) is 19.7. The van der Waals surface area contributed by atoms with Crippen molar-refractivity contribution in [3.8, 4) is 0 Å². The number of pyridine rings is 1. The van der Waals surface area contributed by atoms with Gasteiger partial charge in [-0.2, -0.15) is 4.57 Å². The molecular weight excluding hydrogens is 366 g/mol. The van der Waals surface area contributed by atoms with Crippen molar-refractivity contribution in [3.63, 3.8) is 0 Å². The van der Waals surface area contributed by atoms with Gasteiger partial charge in [0.2, 0.25) is 0 Å². The van der Waals surface area contributed by atoms with Crippen molar-refractivity contribution < 1.29 is 4.57 Å². The largest absolute Gasteiger partial charge is 0.194 e. The van der Waals surface area contributed by atoms with E-state index >= 15 is 0 Å². The van der Waals surface area contributed by atoms with Crippen molar-refractivity contribution in [1.29, 1.82) is 0 Å². The summed E-state index contributed by atoms with van der Waals surface area (Å²) in [6.45, 7) is 4.49. The molecule has 1 nitrogen and oxygen atoms in total. The van der Waals surface area contributed by atoms with Gasteiger partial charge >= 0.3 is 0 Å². The fourth-order valence-corrected chi connectivity index (χ4v) is 4.35. The maximum absolute atomic E-state index is 3.65. The standard InChI is InChI=1S/C20H35BrNS/c1-3-5-6-7-8-9-10-11-12-13-16-23-18-22-15-14-19(4-2)20(21)17-22/h14-15,17H,3-13,16,18H2,1-2H3/q+1. The molecule has 0 N–H and O–H groups in total. The monoisotopic (exact) mass is 400 g/mol. The number of aryl methyl sites for hydroxylation is 1. The molecule has 1 aromatic rings. The third-order valence-electron chi connectivity index (χ3n) is 4.32. The Morgan fingerprint density at radius 3 is 2.09 bits per heavy atom.